The largest absolute Gasteiger partial charge is 0.494 e. The van der Waals surface area contributed by atoms with E-state index in [9.17, 15) is 10.5 Å². The molecule has 5 rings (SSSR count). The Kier molecular flexibility index (Phi) is 6.25. The van der Waals surface area contributed by atoms with Crippen LogP contribution in [-0.2, 0) is 0 Å². The number of nitrogens with zero attached hydrogens (tertiary/aromatic N) is 3. The topological polar surface area (TPSA) is 81.3 Å². The first kappa shape index (κ1) is 22.1. The maximum Gasteiger partial charge on any atom is 0.149 e. The zero-order chi connectivity index (χ0) is 23.5. The highest BCUT2D eigenvalue weighted by molar-refractivity contribution is 5.97. The highest BCUT2D eigenvalue weighted by atomic mass is 16.5. The molecule has 0 radical (unpaired) electrons. The SMILES string of the molecule is COc1c(NCCCCN2CC3COc4ccc(C#N)cc4C3C2)cc(C#N)c2ccccc12. The summed E-state index contributed by atoms with van der Waals surface area (Å²) in [6.07, 6.45) is 2.11. The lowest BCUT2D eigenvalue weighted by Crippen LogP contribution is -2.25. The molecule has 3 aromatic carbocycles. The Balaban J connectivity index is 1.17. The Hall–Kier alpha value is -3.74. The summed E-state index contributed by atoms with van der Waals surface area (Å²) in [5, 5.41) is 24.2. The highest BCUT2D eigenvalue weighted by Crippen LogP contribution is 2.42. The van der Waals surface area contributed by atoms with Crippen molar-refractivity contribution in [3.05, 3.63) is 65.2 Å². The van der Waals surface area contributed by atoms with Crippen molar-refractivity contribution in [2.75, 3.05) is 45.2 Å². The van der Waals surface area contributed by atoms with Gasteiger partial charge in [0.1, 0.15) is 11.5 Å². The fourth-order valence-corrected chi connectivity index (χ4v) is 5.38. The molecule has 0 bridgehead atoms. The predicted molar refractivity (Wildman–Crippen MR) is 132 cm³/mol. The van der Waals surface area contributed by atoms with Crippen molar-refractivity contribution >= 4 is 16.5 Å². The Morgan fingerprint density at radius 3 is 2.71 bits per heavy atom. The van der Waals surface area contributed by atoms with Gasteiger partial charge in [-0.2, -0.15) is 10.5 Å². The summed E-state index contributed by atoms with van der Waals surface area (Å²) in [5.74, 6) is 2.66. The van der Waals surface area contributed by atoms with Gasteiger partial charge in [0.05, 0.1) is 42.7 Å². The molecule has 2 heterocycles. The van der Waals surface area contributed by atoms with Crippen LogP contribution in [0, 0.1) is 28.6 Å². The molecular weight excluding hydrogens is 424 g/mol. The fraction of sp³-hybridized carbons (Fsp3) is 0.357. The van der Waals surface area contributed by atoms with E-state index >= 15 is 0 Å². The third kappa shape index (κ3) is 4.14. The van der Waals surface area contributed by atoms with Gasteiger partial charge in [0, 0.05) is 47.8 Å². The number of benzene rings is 3. The summed E-state index contributed by atoms with van der Waals surface area (Å²) in [6.45, 7) is 4.67. The highest BCUT2D eigenvalue weighted by Gasteiger charge is 2.38. The van der Waals surface area contributed by atoms with Crippen molar-refractivity contribution in [1.82, 2.24) is 4.90 Å². The zero-order valence-electron chi connectivity index (χ0n) is 19.4. The Morgan fingerprint density at radius 2 is 1.91 bits per heavy atom. The van der Waals surface area contributed by atoms with Crippen molar-refractivity contribution < 1.29 is 9.47 Å². The first-order chi connectivity index (χ1) is 16.7. The van der Waals surface area contributed by atoms with E-state index in [4.69, 9.17) is 9.47 Å². The van der Waals surface area contributed by atoms with Crippen molar-refractivity contribution in [2.24, 2.45) is 5.92 Å². The molecule has 1 N–H and O–H groups in total. The second-order valence-electron chi connectivity index (χ2n) is 9.10. The molecule has 172 valence electrons. The maximum absolute atomic E-state index is 9.58. The van der Waals surface area contributed by atoms with Crippen molar-refractivity contribution in [2.45, 2.75) is 18.8 Å². The van der Waals surface area contributed by atoms with Gasteiger partial charge in [-0.25, -0.2) is 0 Å². The molecule has 2 aliphatic heterocycles. The third-order valence-corrected chi connectivity index (χ3v) is 7.04. The number of anilines is 1. The standard InChI is InChI=1S/C28H28N4O2/c1-33-28-23-7-3-2-6-22(23)20(15-30)13-26(28)31-10-4-5-11-32-16-21-18-34-27-9-8-19(14-29)12-24(27)25(21)17-32/h2-3,6-9,12-13,21,25,31H,4-5,10-11,16-18H2,1H3. The average molecular weight is 453 g/mol. The number of ether oxygens (including phenoxy) is 2. The lowest BCUT2D eigenvalue weighted by Gasteiger charge is -2.27. The molecule has 6 heteroatoms. The van der Waals surface area contributed by atoms with Crippen molar-refractivity contribution in [3.8, 4) is 23.6 Å². The van der Waals surface area contributed by atoms with Crippen LogP contribution in [0.1, 0.15) is 35.4 Å². The minimum Gasteiger partial charge on any atom is -0.494 e. The quantitative estimate of drug-likeness (QED) is 0.514. The molecule has 3 aromatic rings. The fourth-order valence-electron chi connectivity index (χ4n) is 5.38. The summed E-state index contributed by atoms with van der Waals surface area (Å²) < 4.78 is 11.7. The number of likely N-dealkylation sites (tertiary alicyclic amines) is 1. The van der Waals surface area contributed by atoms with Crippen LogP contribution in [0.2, 0.25) is 0 Å². The Morgan fingerprint density at radius 1 is 1.06 bits per heavy atom. The van der Waals surface area contributed by atoms with Crippen LogP contribution in [0.3, 0.4) is 0 Å². The third-order valence-electron chi connectivity index (χ3n) is 7.04. The lowest BCUT2D eigenvalue weighted by atomic mass is 9.86. The van der Waals surface area contributed by atoms with Crippen LogP contribution in [0.4, 0.5) is 5.69 Å². The molecule has 0 aromatic heterocycles. The van der Waals surface area contributed by atoms with Crippen LogP contribution >= 0.6 is 0 Å². The number of nitriles is 2. The minimum atomic E-state index is 0.446. The summed E-state index contributed by atoms with van der Waals surface area (Å²) in [6, 6.07) is 20.1. The van der Waals surface area contributed by atoms with Gasteiger partial charge in [-0.1, -0.05) is 24.3 Å². The summed E-state index contributed by atoms with van der Waals surface area (Å²) >= 11 is 0. The number of hydrogen-bond donors (Lipinski definition) is 1. The summed E-state index contributed by atoms with van der Waals surface area (Å²) in [7, 11) is 1.67. The van der Waals surface area contributed by atoms with E-state index in [1.54, 1.807) is 7.11 Å². The zero-order valence-corrected chi connectivity index (χ0v) is 19.4. The van der Waals surface area contributed by atoms with E-state index < -0.39 is 0 Å². The van der Waals surface area contributed by atoms with Gasteiger partial charge in [0.15, 0.2) is 0 Å². The van der Waals surface area contributed by atoms with Crippen LogP contribution in [0.15, 0.2) is 48.5 Å². The van der Waals surface area contributed by atoms with Gasteiger partial charge in [0.2, 0.25) is 0 Å². The molecule has 34 heavy (non-hydrogen) atoms. The number of rotatable bonds is 7. The minimum absolute atomic E-state index is 0.446. The van der Waals surface area contributed by atoms with Gasteiger partial charge in [0.25, 0.3) is 0 Å². The molecular formula is C28H28N4O2. The van der Waals surface area contributed by atoms with Gasteiger partial charge in [-0.15, -0.1) is 0 Å². The Bertz CT molecular complexity index is 1290. The molecule has 0 saturated carbocycles. The molecule has 2 unspecified atom stereocenters. The van der Waals surface area contributed by atoms with E-state index in [-0.39, 0.29) is 0 Å². The van der Waals surface area contributed by atoms with Crippen molar-refractivity contribution in [3.63, 3.8) is 0 Å². The van der Waals surface area contributed by atoms with Gasteiger partial charge in [-0.3, -0.25) is 0 Å². The molecule has 0 amide bonds. The van der Waals surface area contributed by atoms with Crippen LogP contribution in [-0.4, -0.2) is 44.8 Å². The van der Waals surface area contributed by atoms with E-state index in [0.29, 0.717) is 23.0 Å². The average Bonchev–Trinajstić information content (AvgIpc) is 3.31. The monoisotopic (exact) mass is 452 g/mol. The van der Waals surface area contributed by atoms with Crippen LogP contribution < -0.4 is 14.8 Å². The Labute approximate surface area is 200 Å². The number of hydrogen-bond acceptors (Lipinski definition) is 6. The predicted octanol–water partition coefficient (Wildman–Crippen LogP) is 4.89. The molecule has 2 aliphatic rings. The van der Waals surface area contributed by atoms with E-state index in [2.05, 4.69) is 22.4 Å². The second kappa shape index (κ2) is 9.63. The van der Waals surface area contributed by atoms with E-state index in [1.807, 2.05) is 48.5 Å². The molecule has 6 nitrogen and oxygen atoms in total. The van der Waals surface area contributed by atoms with E-state index in [1.165, 1.54) is 5.56 Å². The number of nitrogens with one attached hydrogen (secondary N) is 1. The normalized spacial score (nSPS) is 18.9. The molecule has 1 fully saturated rings. The smallest absolute Gasteiger partial charge is 0.149 e. The molecule has 1 saturated heterocycles. The number of methoxy groups -OCH3 is 1. The summed E-state index contributed by atoms with van der Waals surface area (Å²) in [4.78, 5) is 2.53. The van der Waals surface area contributed by atoms with Crippen molar-refractivity contribution in [1.29, 1.82) is 10.5 Å². The maximum atomic E-state index is 9.58. The number of fused-ring (bicyclic) bond motifs is 4. The molecule has 0 aliphatic carbocycles. The van der Waals surface area contributed by atoms with Gasteiger partial charge < -0.3 is 19.7 Å². The lowest BCUT2D eigenvalue weighted by molar-refractivity contribution is 0.212. The first-order valence-electron chi connectivity index (χ1n) is 11.8. The summed E-state index contributed by atoms with van der Waals surface area (Å²) in [5.41, 5.74) is 3.42. The second-order valence-corrected chi connectivity index (χ2v) is 9.10. The van der Waals surface area contributed by atoms with Crippen LogP contribution in [0.25, 0.3) is 10.8 Å². The van der Waals surface area contributed by atoms with E-state index in [0.717, 1.165) is 73.6 Å². The van der Waals surface area contributed by atoms with Gasteiger partial charge >= 0.3 is 0 Å². The molecule has 2 atom stereocenters. The molecule has 0 spiro atoms. The first-order valence-corrected chi connectivity index (χ1v) is 11.8. The van der Waals surface area contributed by atoms with Crippen LogP contribution in [0.5, 0.6) is 11.5 Å². The number of unbranched alkanes of at least 4 members (excludes halogenated alkanes) is 1. The van der Waals surface area contributed by atoms with Gasteiger partial charge in [-0.05, 0) is 43.7 Å².